The SMILES string of the molecule is CCCCCCCCCCCCCCOC(=O)CCC(NC(=O)CCCNC(=O)C(N)CCCCN)C(=O)OCCCCCCCCCCCCCC. The fourth-order valence-electron chi connectivity index (χ4n) is 6.43. The molecule has 0 spiro atoms. The minimum Gasteiger partial charge on any atom is -0.466 e. The highest BCUT2D eigenvalue weighted by Crippen LogP contribution is 2.14. The van der Waals surface area contributed by atoms with Crippen LogP contribution in [-0.2, 0) is 28.7 Å². The fraction of sp³-hybridized carbons (Fsp3) is 0.907. The number of esters is 2. The fourth-order valence-corrected chi connectivity index (χ4v) is 6.43. The monoisotopic (exact) mass is 753 g/mol. The summed E-state index contributed by atoms with van der Waals surface area (Å²) in [6, 6.07) is -1.52. The summed E-state index contributed by atoms with van der Waals surface area (Å²) in [5, 5.41) is 5.53. The van der Waals surface area contributed by atoms with Gasteiger partial charge in [0.15, 0.2) is 0 Å². The second-order valence-electron chi connectivity index (χ2n) is 15.1. The molecule has 0 rings (SSSR count). The molecule has 0 aliphatic carbocycles. The van der Waals surface area contributed by atoms with Crippen molar-refractivity contribution in [1.29, 1.82) is 0 Å². The molecule has 0 saturated carbocycles. The Morgan fingerprint density at radius 1 is 0.528 bits per heavy atom. The second-order valence-corrected chi connectivity index (χ2v) is 15.1. The van der Waals surface area contributed by atoms with E-state index in [0.29, 0.717) is 39.1 Å². The highest BCUT2D eigenvalue weighted by atomic mass is 16.5. The Morgan fingerprint density at radius 2 is 0.981 bits per heavy atom. The highest BCUT2D eigenvalue weighted by molar-refractivity contribution is 5.85. The summed E-state index contributed by atoms with van der Waals surface area (Å²) in [4.78, 5) is 50.5. The Bertz CT molecular complexity index is 874. The lowest BCUT2D eigenvalue weighted by molar-refractivity contribution is -0.149. The lowest BCUT2D eigenvalue weighted by Gasteiger charge is -2.18. The van der Waals surface area contributed by atoms with E-state index in [1.807, 2.05) is 0 Å². The van der Waals surface area contributed by atoms with Crippen molar-refractivity contribution < 1.29 is 28.7 Å². The van der Waals surface area contributed by atoms with Gasteiger partial charge in [-0.3, -0.25) is 14.4 Å². The number of ether oxygens (including phenoxy) is 2. The molecule has 0 heterocycles. The van der Waals surface area contributed by atoms with Gasteiger partial charge in [-0.25, -0.2) is 4.79 Å². The molecular formula is C43H84N4O6. The molecule has 2 atom stereocenters. The number of rotatable bonds is 40. The van der Waals surface area contributed by atoms with E-state index in [1.54, 1.807) is 0 Å². The lowest BCUT2D eigenvalue weighted by Crippen LogP contribution is -2.43. The molecule has 0 bridgehead atoms. The first-order valence-corrected chi connectivity index (χ1v) is 22.2. The third kappa shape index (κ3) is 35.3. The molecule has 0 aliphatic rings. The van der Waals surface area contributed by atoms with Crippen LogP contribution in [-0.4, -0.2) is 62.1 Å². The van der Waals surface area contributed by atoms with E-state index in [2.05, 4.69) is 24.5 Å². The van der Waals surface area contributed by atoms with Gasteiger partial charge >= 0.3 is 11.9 Å². The molecule has 0 saturated heterocycles. The first-order valence-electron chi connectivity index (χ1n) is 22.2. The largest absolute Gasteiger partial charge is 0.466 e. The number of nitrogens with one attached hydrogen (secondary N) is 2. The van der Waals surface area contributed by atoms with E-state index in [4.69, 9.17) is 20.9 Å². The Balaban J connectivity index is 4.46. The average molecular weight is 753 g/mol. The predicted octanol–water partition coefficient (Wildman–Crippen LogP) is 9.09. The van der Waals surface area contributed by atoms with Gasteiger partial charge in [-0.1, -0.05) is 162 Å². The van der Waals surface area contributed by atoms with Gasteiger partial charge in [0.25, 0.3) is 0 Å². The molecule has 2 unspecified atom stereocenters. The van der Waals surface area contributed by atoms with E-state index in [-0.39, 0.29) is 37.0 Å². The van der Waals surface area contributed by atoms with Crippen molar-refractivity contribution in [2.75, 3.05) is 26.3 Å². The minimum atomic E-state index is -0.926. The van der Waals surface area contributed by atoms with Gasteiger partial charge in [-0.2, -0.15) is 0 Å². The van der Waals surface area contributed by atoms with Crippen LogP contribution in [0.1, 0.15) is 213 Å². The molecular weight excluding hydrogens is 668 g/mol. The van der Waals surface area contributed by atoms with E-state index < -0.39 is 18.1 Å². The summed E-state index contributed by atoms with van der Waals surface area (Å²) in [6.45, 7) is 6.03. The molecule has 0 aromatic carbocycles. The number of nitrogens with two attached hydrogens (primary N) is 2. The van der Waals surface area contributed by atoms with Crippen LogP contribution in [0.4, 0.5) is 0 Å². The smallest absolute Gasteiger partial charge is 0.328 e. The normalized spacial score (nSPS) is 12.3. The van der Waals surface area contributed by atoms with Crippen LogP contribution < -0.4 is 22.1 Å². The van der Waals surface area contributed by atoms with E-state index in [9.17, 15) is 19.2 Å². The first-order chi connectivity index (χ1) is 25.8. The Hall–Kier alpha value is -2.20. The second kappa shape index (κ2) is 39.5. The van der Waals surface area contributed by atoms with Gasteiger partial charge in [0.2, 0.25) is 11.8 Å². The van der Waals surface area contributed by atoms with Crippen molar-refractivity contribution in [1.82, 2.24) is 10.6 Å². The molecule has 6 N–H and O–H groups in total. The summed E-state index contributed by atoms with van der Waals surface area (Å²) < 4.78 is 11.0. The number of carbonyl (C=O) groups excluding carboxylic acids is 4. The van der Waals surface area contributed by atoms with Gasteiger partial charge in [0.1, 0.15) is 6.04 Å². The molecule has 0 aromatic rings. The third-order valence-electron chi connectivity index (χ3n) is 9.95. The molecule has 0 radical (unpaired) electrons. The average Bonchev–Trinajstić information content (AvgIpc) is 3.15. The maximum Gasteiger partial charge on any atom is 0.328 e. The molecule has 312 valence electrons. The Labute approximate surface area is 325 Å². The van der Waals surface area contributed by atoms with Gasteiger partial charge in [0, 0.05) is 19.4 Å². The molecule has 0 fully saturated rings. The molecule has 0 aromatic heterocycles. The number of hydrogen-bond donors (Lipinski definition) is 4. The summed E-state index contributed by atoms with van der Waals surface area (Å²) in [5.74, 6) is -1.47. The molecule has 0 aliphatic heterocycles. The standard InChI is InChI=1S/C43H84N4O6/c1-3-5-7-9-11-13-15-17-19-21-23-27-36-52-41(49)33-32-39(47-40(48)31-29-35-46-42(50)38(45)30-25-26-34-44)43(51)53-37-28-24-22-20-18-16-14-12-10-8-6-4-2/h38-39H,3-37,44-45H2,1-2H3,(H,46,50)(H,47,48). The molecule has 10 nitrogen and oxygen atoms in total. The highest BCUT2D eigenvalue weighted by Gasteiger charge is 2.24. The summed E-state index contributed by atoms with van der Waals surface area (Å²) in [6.07, 6.45) is 32.3. The lowest BCUT2D eigenvalue weighted by atomic mass is 10.1. The maximum absolute atomic E-state index is 13.0. The summed E-state index contributed by atoms with van der Waals surface area (Å²) in [5.41, 5.74) is 11.4. The zero-order valence-electron chi connectivity index (χ0n) is 34.5. The zero-order valence-corrected chi connectivity index (χ0v) is 34.5. The van der Waals surface area contributed by atoms with Crippen molar-refractivity contribution in [3.8, 4) is 0 Å². The van der Waals surface area contributed by atoms with Crippen molar-refractivity contribution in [3.63, 3.8) is 0 Å². The van der Waals surface area contributed by atoms with Gasteiger partial charge in [0.05, 0.1) is 19.3 Å². The Kier molecular flexibility index (Phi) is 37.9. The van der Waals surface area contributed by atoms with Crippen LogP contribution in [0.2, 0.25) is 0 Å². The van der Waals surface area contributed by atoms with Gasteiger partial charge in [-0.05, 0) is 45.1 Å². The van der Waals surface area contributed by atoms with Crippen LogP contribution in [0.5, 0.6) is 0 Å². The van der Waals surface area contributed by atoms with Crippen LogP contribution in [0.3, 0.4) is 0 Å². The summed E-state index contributed by atoms with van der Waals surface area (Å²) >= 11 is 0. The zero-order chi connectivity index (χ0) is 39.0. The Morgan fingerprint density at radius 3 is 1.45 bits per heavy atom. The van der Waals surface area contributed by atoms with Gasteiger partial charge in [-0.15, -0.1) is 0 Å². The molecule has 10 heteroatoms. The van der Waals surface area contributed by atoms with Crippen molar-refractivity contribution in [2.24, 2.45) is 11.5 Å². The van der Waals surface area contributed by atoms with Crippen LogP contribution >= 0.6 is 0 Å². The molecule has 53 heavy (non-hydrogen) atoms. The van der Waals surface area contributed by atoms with E-state index in [0.717, 1.165) is 51.4 Å². The maximum atomic E-state index is 13.0. The predicted molar refractivity (Wildman–Crippen MR) is 218 cm³/mol. The van der Waals surface area contributed by atoms with Crippen LogP contribution in [0.15, 0.2) is 0 Å². The molecule has 2 amide bonds. The quantitative estimate of drug-likeness (QED) is 0.0356. The minimum absolute atomic E-state index is 0.0228. The number of unbranched alkanes of at least 4 members (excludes halogenated alkanes) is 23. The van der Waals surface area contributed by atoms with E-state index >= 15 is 0 Å². The third-order valence-corrected chi connectivity index (χ3v) is 9.95. The van der Waals surface area contributed by atoms with Crippen LogP contribution in [0, 0.1) is 0 Å². The van der Waals surface area contributed by atoms with Gasteiger partial charge < -0.3 is 31.6 Å². The van der Waals surface area contributed by atoms with Crippen LogP contribution in [0.25, 0.3) is 0 Å². The van der Waals surface area contributed by atoms with E-state index in [1.165, 1.54) is 116 Å². The topological polar surface area (TPSA) is 163 Å². The van der Waals surface area contributed by atoms with Crippen molar-refractivity contribution in [3.05, 3.63) is 0 Å². The number of carbonyl (C=O) groups is 4. The number of hydrogen-bond acceptors (Lipinski definition) is 8. The van der Waals surface area contributed by atoms with Crippen molar-refractivity contribution >= 4 is 23.8 Å². The first kappa shape index (κ1) is 50.8. The number of amides is 2. The van der Waals surface area contributed by atoms with Crippen molar-refractivity contribution in [2.45, 2.75) is 225 Å². The summed E-state index contributed by atoms with van der Waals surface area (Å²) in [7, 11) is 0.